The Morgan fingerprint density at radius 3 is 1.81 bits per heavy atom. The molecule has 0 spiro atoms. The first-order chi connectivity index (χ1) is 12.9. The second-order valence-electron chi connectivity index (χ2n) is 6.77. The number of nitrogens with zero attached hydrogens (tertiary/aromatic N) is 1. The first-order valence-electron chi connectivity index (χ1n) is 8.89. The van der Waals surface area contributed by atoms with E-state index in [9.17, 15) is 0 Å². The summed E-state index contributed by atoms with van der Waals surface area (Å²) in [6.07, 6.45) is 0. The summed E-state index contributed by atoms with van der Waals surface area (Å²) in [5.41, 5.74) is 6.04. The maximum Gasteiger partial charge on any atom is 0.0541 e. The number of hydrogen-bond acceptors (Lipinski definition) is 0. The van der Waals surface area contributed by atoms with Gasteiger partial charge in [-0.15, -0.1) is 0 Å². The molecule has 0 fully saturated rings. The molecule has 0 atom stereocenters. The zero-order valence-corrected chi connectivity index (χ0v) is 14.1. The number of H-pyrrole nitrogens is 1. The van der Waals surface area contributed by atoms with Crippen LogP contribution in [0.4, 0.5) is 0 Å². The van der Waals surface area contributed by atoms with Crippen LogP contribution in [0.1, 0.15) is 0 Å². The van der Waals surface area contributed by atoms with Crippen LogP contribution >= 0.6 is 0 Å². The Balaban J connectivity index is 1.76. The van der Waals surface area contributed by atoms with Crippen molar-refractivity contribution >= 4 is 43.6 Å². The molecule has 0 aliphatic heterocycles. The molecule has 26 heavy (non-hydrogen) atoms. The highest BCUT2D eigenvalue weighted by molar-refractivity contribution is 6.11. The van der Waals surface area contributed by atoms with Gasteiger partial charge in [0, 0.05) is 38.3 Å². The Kier molecular flexibility index (Phi) is 2.64. The van der Waals surface area contributed by atoms with Crippen molar-refractivity contribution in [2.45, 2.75) is 0 Å². The van der Waals surface area contributed by atoms with Gasteiger partial charge in [-0.1, -0.05) is 54.6 Å². The summed E-state index contributed by atoms with van der Waals surface area (Å²) in [6, 6.07) is 32.5. The molecule has 0 amide bonds. The van der Waals surface area contributed by atoms with Crippen LogP contribution in [-0.2, 0) is 0 Å². The van der Waals surface area contributed by atoms with Gasteiger partial charge >= 0.3 is 0 Å². The average Bonchev–Trinajstić information content (AvgIpc) is 3.23. The Labute approximate surface area is 150 Å². The van der Waals surface area contributed by atoms with Crippen molar-refractivity contribution in [3.05, 3.63) is 91.0 Å². The molecule has 0 unspecified atom stereocenters. The number of para-hydroxylation sites is 3. The molecule has 2 nitrogen and oxygen atoms in total. The Morgan fingerprint density at radius 2 is 1.08 bits per heavy atom. The maximum absolute atomic E-state index is 3.52. The van der Waals surface area contributed by atoms with Crippen LogP contribution in [-0.4, -0.2) is 9.55 Å². The van der Waals surface area contributed by atoms with Crippen LogP contribution in [0, 0.1) is 0 Å². The lowest BCUT2D eigenvalue weighted by atomic mass is 10.1. The predicted molar refractivity (Wildman–Crippen MR) is 110 cm³/mol. The predicted octanol–water partition coefficient (Wildman–Crippen LogP) is 6.42. The molecule has 6 aromatic rings. The van der Waals surface area contributed by atoms with Crippen molar-refractivity contribution in [1.29, 1.82) is 0 Å². The fraction of sp³-hybridized carbons (Fsp3) is 0. The SMILES string of the molecule is c1ccc2c(c1)[nH]c1ccc(-n3c4ccccc4c4ccccc43)cc12. The molecule has 6 rings (SSSR count). The summed E-state index contributed by atoms with van der Waals surface area (Å²) in [5, 5.41) is 5.12. The van der Waals surface area contributed by atoms with E-state index < -0.39 is 0 Å². The first kappa shape index (κ1) is 13.7. The van der Waals surface area contributed by atoms with Gasteiger partial charge < -0.3 is 9.55 Å². The van der Waals surface area contributed by atoms with Gasteiger partial charge in [-0.2, -0.15) is 0 Å². The number of nitrogens with one attached hydrogen (secondary N) is 1. The van der Waals surface area contributed by atoms with E-state index in [0.717, 1.165) is 0 Å². The highest BCUT2D eigenvalue weighted by atomic mass is 15.0. The van der Waals surface area contributed by atoms with Gasteiger partial charge in [-0.3, -0.25) is 0 Å². The van der Waals surface area contributed by atoms with Gasteiger partial charge in [0.25, 0.3) is 0 Å². The van der Waals surface area contributed by atoms with Crippen LogP contribution in [0.15, 0.2) is 91.0 Å². The van der Waals surface area contributed by atoms with E-state index >= 15 is 0 Å². The van der Waals surface area contributed by atoms with Crippen LogP contribution in [0.3, 0.4) is 0 Å². The second kappa shape index (κ2) is 4.99. The molecule has 0 aliphatic rings. The molecule has 0 bridgehead atoms. The highest BCUT2D eigenvalue weighted by Gasteiger charge is 2.12. The van der Waals surface area contributed by atoms with E-state index in [-0.39, 0.29) is 0 Å². The third-order valence-corrected chi connectivity index (χ3v) is 5.33. The fourth-order valence-corrected chi connectivity index (χ4v) is 4.18. The first-order valence-corrected chi connectivity index (χ1v) is 8.89. The smallest absolute Gasteiger partial charge is 0.0541 e. The fourth-order valence-electron chi connectivity index (χ4n) is 4.18. The van der Waals surface area contributed by atoms with Crippen LogP contribution in [0.2, 0.25) is 0 Å². The van der Waals surface area contributed by atoms with Gasteiger partial charge in [0.1, 0.15) is 0 Å². The molecule has 1 N–H and O–H groups in total. The number of benzene rings is 4. The van der Waals surface area contributed by atoms with Gasteiger partial charge in [-0.25, -0.2) is 0 Å². The van der Waals surface area contributed by atoms with Gasteiger partial charge in [0.2, 0.25) is 0 Å². The van der Waals surface area contributed by atoms with Crippen LogP contribution < -0.4 is 0 Å². The molecule has 2 aromatic heterocycles. The van der Waals surface area contributed by atoms with Crippen molar-refractivity contribution < 1.29 is 0 Å². The van der Waals surface area contributed by atoms with Crippen molar-refractivity contribution in [2.75, 3.05) is 0 Å². The van der Waals surface area contributed by atoms with Crippen molar-refractivity contribution in [3.8, 4) is 5.69 Å². The lowest BCUT2D eigenvalue weighted by Gasteiger charge is -2.08. The summed E-state index contributed by atoms with van der Waals surface area (Å²) in [5.74, 6) is 0. The average molecular weight is 332 g/mol. The molecule has 0 saturated carbocycles. The molecule has 0 radical (unpaired) electrons. The number of aromatic nitrogens is 2. The number of rotatable bonds is 1. The number of hydrogen-bond donors (Lipinski definition) is 1. The lowest BCUT2D eigenvalue weighted by molar-refractivity contribution is 1.19. The van der Waals surface area contributed by atoms with E-state index in [1.165, 1.54) is 49.3 Å². The number of aromatic amines is 1. The third-order valence-electron chi connectivity index (χ3n) is 5.33. The van der Waals surface area contributed by atoms with Crippen molar-refractivity contribution in [3.63, 3.8) is 0 Å². The Morgan fingerprint density at radius 1 is 0.500 bits per heavy atom. The topological polar surface area (TPSA) is 20.7 Å². The lowest BCUT2D eigenvalue weighted by Crippen LogP contribution is -1.93. The molecule has 2 heterocycles. The van der Waals surface area contributed by atoms with E-state index in [4.69, 9.17) is 0 Å². The second-order valence-corrected chi connectivity index (χ2v) is 6.77. The molecule has 0 saturated heterocycles. The summed E-state index contributed by atoms with van der Waals surface area (Å²) >= 11 is 0. The van der Waals surface area contributed by atoms with Gasteiger partial charge in [0.15, 0.2) is 0 Å². The standard InChI is InChI=1S/C24H16N2/c1-4-10-21-17(7-1)20-15-16(13-14-22(20)25-21)26-23-11-5-2-8-18(23)19-9-3-6-12-24(19)26/h1-15,25H. The largest absolute Gasteiger partial charge is 0.355 e. The monoisotopic (exact) mass is 332 g/mol. The van der Waals surface area contributed by atoms with Crippen molar-refractivity contribution in [2.24, 2.45) is 0 Å². The van der Waals surface area contributed by atoms with Crippen molar-refractivity contribution in [1.82, 2.24) is 9.55 Å². The number of fused-ring (bicyclic) bond motifs is 6. The molecule has 122 valence electrons. The minimum atomic E-state index is 1.18. The minimum Gasteiger partial charge on any atom is -0.355 e. The van der Waals surface area contributed by atoms with E-state index in [2.05, 4.69) is 101 Å². The Hall–Kier alpha value is -3.52. The normalized spacial score (nSPS) is 11.8. The van der Waals surface area contributed by atoms with E-state index in [0.29, 0.717) is 0 Å². The maximum atomic E-state index is 3.52. The third kappa shape index (κ3) is 1.76. The van der Waals surface area contributed by atoms with E-state index in [1.807, 2.05) is 0 Å². The summed E-state index contributed by atoms with van der Waals surface area (Å²) in [7, 11) is 0. The zero-order valence-electron chi connectivity index (χ0n) is 14.1. The van der Waals surface area contributed by atoms with Crippen LogP contribution in [0.5, 0.6) is 0 Å². The zero-order chi connectivity index (χ0) is 17.1. The quantitative estimate of drug-likeness (QED) is 0.359. The minimum absolute atomic E-state index is 1.18. The molecular formula is C24H16N2. The van der Waals surface area contributed by atoms with E-state index in [1.54, 1.807) is 0 Å². The molecule has 4 aromatic carbocycles. The summed E-state index contributed by atoms with van der Waals surface area (Å²) in [6.45, 7) is 0. The molecular weight excluding hydrogens is 316 g/mol. The summed E-state index contributed by atoms with van der Waals surface area (Å²) < 4.78 is 2.37. The summed E-state index contributed by atoms with van der Waals surface area (Å²) in [4.78, 5) is 3.52. The molecule has 2 heteroatoms. The van der Waals surface area contributed by atoms with Gasteiger partial charge in [-0.05, 0) is 36.4 Å². The highest BCUT2D eigenvalue weighted by Crippen LogP contribution is 2.34. The molecule has 0 aliphatic carbocycles. The van der Waals surface area contributed by atoms with Gasteiger partial charge in [0.05, 0.1) is 11.0 Å². The van der Waals surface area contributed by atoms with Crippen LogP contribution in [0.25, 0.3) is 49.3 Å². The Bertz CT molecular complexity index is 1380.